The second-order valence-corrected chi connectivity index (χ2v) is 4.54. The number of fused-ring (bicyclic) bond motifs is 1. The number of carboxylic acids is 1. The number of hydrogen-bond donors (Lipinski definition) is 2. The van der Waals surface area contributed by atoms with Gasteiger partial charge in [-0.3, -0.25) is 0 Å². The Hall–Kier alpha value is -3.10. The van der Waals surface area contributed by atoms with E-state index in [-0.39, 0.29) is 28.4 Å². The molecule has 0 aliphatic rings. The molecule has 0 saturated carbocycles. The number of ether oxygens (including phenoxy) is 1. The van der Waals surface area contributed by atoms with Crippen molar-refractivity contribution in [2.45, 2.75) is 6.18 Å². The van der Waals surface area contributed by atoms with E-state index in [1.807, 2.05) is 0 Å². The molecule has 0 atom stereocenters. The molecule has 0 unspecified atom stereocenters. The number of nitrogens with zero attached hydrogens (tertiary/aromatic N) is 2. The summed E-state index contributed by atoms with van der Waals surface area (Å²) in [6, 6.07) is 4.26. The number of carboxylic acid groups (broad SMARTS) is 1. The lowest BCUT2D eigenvalue weighted by atomic mass is 10.2. The summed E-state index contributed by atoms with van der Waals surface area (Å²) in [6.45, 7) is 0. The average Bonchev–Trinajstić information content (AvgIpc) is 2.90. The first-order valence-electron chi connectivity index (χ1n) is 6.27. The number of nitrogens with one attached hydrogen (secondary N) is 1. The van der Waals surface area contributed by atoms with Gasteiger partial charge in [-0.2, -0.15) is 13.2 Å². The Labute approximate surface area is 126 Å². The van der Waals surface area contributed by atoms with Crippen LogP contribution in [0.5, 0.6) is 11.6 Å². The summed E-state index contributed by atoms with van der Waals surface area (Å²) < 4.78 is 43.2. The van der Waals surface area contributed by atoms with Crippen LogP contribution in [0.3, 0.4) is 0 Å². The maximum absolute atomic E-state index is 12.7. The standard InChI is InChI=1S/C14H8F3N3O3/c15-14(16,17)7-2-1-3-8(4-7)23-10-6-19-12-11(20-10)9(5-18-12)13(21)22/h1-6H,(H,18,19)(H,21,22). The molecule has 0 bridgehead atoms. The summed E-state index contributed by atoms with van der Waals surface area (Å²) in [5.74, 6) is -1.40. The van der Waals surface area contributed by atoms with Crippen molar-refractivity contribution in [2.24, 2.45) is 0 Å². The van der Waals surface area contributed by atoms with E-state index in [2.05, 4.69) is 15.0 Å². The van der Waals surface area contributed by atoms with E-state index < -0.39 is 17.7 Å². The highest BCUT2D eigenvalue weighted by Gasteiger charge is 2.30. The van der Waals surface area contributed by atoms with Crippen LogP contribution in [0.2, 0.25) is 0 Å². The molecule has 0 spiro atoms. The number of carbonyl (C=O) groups is 1. The minimum absolute atomic E-state index is 0.0574. The zero-order chi connectivity index (χ0) is 16.6. The van der Waals surface area contributed by atoms with Crippen LogP contribution in [0.25, 0.3) is 11.2 Å². The summed E-state index contributed by atoms with van der Waals surface area (Å²) in [6.07, 6.45) is -2.09. The van der Waals surface area contributed by atoms with Gasteiger partial charge in [0.15, 0.2) is 5.65 Å². The fraction of sp³-hybridized carbons (Fsp3) is 0.0714. The number of benzene rings is 1. The van der Waals surface area contributed by atoms with E-state index in [0.717, 1.165) is 12.1 Å². The van der Waals surface area contributed by atoms with Crippen molar-refractivity contribution in [3.05, 3.63) is 47.8 Å². The third kappa shape index (κ3) is 2.93. The summed E-state index contributed by atoms with van der Waals surface area (Å²) >= 11 is 0. The van der Waals surface area contributed by atoms with E-state index in [9.17, 15) is 18.0 Å². The van der Waals surface area contributed by atoms with Gasteiger partial charge in [-0.05, 0) is 18.2 Å². The molecule has 9 heteroatoms. The van der Waals surface area contributed by atoms with Gasteiger partial charge in [-0.25, -0.2) is 14.8 Å². The minimum Gasteiger partial charge on any atom is -0.478 e. The number of rotatable bonds is 3. The molecule has 2 heterocycles. The molecule has 2 N–H and O–H groups in total. The Balaban J connectivity index is 1.95. The van der Waals surface area contributed by atoms with Crippen LogP contribution in [0.4, 0.5) is 13.2 Å². The minimum atomic E-state index is -4.49. The first kappa shape index (κ1) is 14.8. The predicted octanol–water partition coefficient (Wildman–Crippen LogP) is 3.47. The molecular formula is C14H8F3N3O3. The fourth-order valence-electron chi connectivity index (χ4n) is 1.94. The van der Waals surface area contributed by atoms with E-state index >= 15 is 0 Å². The van der Waals surface area contributed by atoms with E-state index in [4.69, 9.17) is 9.84 Å². The molecule has 0 amide bonds. The molecule has 0 aliphatic carbocycles. The predicted molar refractivity (Wildman–Crippen MR) is 72.4 cm³/mol. The molecule has 3 rings (SSSR count). The number of alkyl halides is 3. The van der Waals surface area contributed by atoms with Crippen LogP contribution in [0, 0.1) is 0 Å². The second-order valence-electron chi connectivity index (χ2n) is 4.54. The van der Waals surface area contributed by atoms with Gasteiger partial charge in [0.2, 0.25) is 5.88 Å². The van der Waals surface area contributed by atoms with Crippen LogP contribution in [-0.2, 0) is 6.18 Å². The number of halogens is 3. The van der Waals surface area contributed by atoms with Gasteiger partial charge < -0.3 is 14.8 Å². The Morgan fingerprint density at radius 3 is 2.78 bits per heavy atom. The molecule has 3 aromatic rings. The Kier molecular flexibility index (Phi) is 3.40. The number of H-pyrrole nitrogens is 1. The van der Waals surface area contributed by atoms with E-state index in [1.54, 1.807) is 0 Å². The molecule has 0 radical (unpaired) electrons. The molecule has 1 aromatic carbocycles. The molecule has 0 saturated heterocycles. The van der Waals surface area contributed by atoms with Crippen molar-refractivity contribution in [1.29, 1.82) is 0 Å². The zero-order valence-electron chi connectivity index (χ0n) is 11.3. The third-order valence-electron chi connectivity index (χ3n) is 2.97. The largest absolute Gasteiger partial charge is 0.478 e. The summed E-state index contributed by atoms with van der Waals surface area (Å²) in [4.78, 5) is 21.6. The molecule has 6 nitrogen and oxygen atoms in total. The van der Waals surface area contributed by atoms with Gasteiger partial charge >= 0.3 is 12.1 Å². The highest BCUT2D eigenvalue weighted by Crippen LogP contribution is 2.32. The van der Waals surface area contributed by atoms with Gasteiger partial charge in [0, 0.05) is 6.20 Å². The van der Waals surface area contributed by atoms with Crippen molar-refractivity contribution < 1.29 is 27.8 Å². The first-order chi connectivity index (χ1) is 10.8. The quantitative estimate of drug-likeness (QED) is 0.770. The zero-order valence-corrected chi connectivity index (χ0v) is 11.3. The van der Waals surface area contributed by atoms with Gasteiger partial charge in [0.25, 0.3) is 0 Å². The third-order valence-corrected chi connectivity index (χ3v) is 2.97. The molecule has 2 aromatic heterocycles. The van der Waals surface area contributed by atoms with Gasteiger partial charge in [0.05, 0.1) is 11.8 Å². The fourth-order valence-corrected chi connectivity index (χ4v) is 1.94. The van der Waals surface area contributed by atoms with Crippen LogP contribution in [-0.4, -0.2) is 26.0 Å². The normalized spacial score (nSPS) is 11.6. The second kappa shape index (κ2) is 5.27. The average molecular weight is 323 g/mol. The monoisotopic (exact) mass is 323 g/mol. The lowest BCUT2D eigenvalue weighted by Crippen LogP contribution is -2.04. The lowest BCUT2D eigenvalue weighted by Gasteiger charge is -2.09. The number of aromatic nitrogens is 3. The smallest absolute Gasteiger partial charge is 0.416 e. The molecule has 118 valence electrons. The van der Waals surface area contributed by atoms with Crippen LogP contribution < -0.4 is 4.74 Å². The maximum Gasteiger partial charge on any atom is 0.416 e. The molecule has 23 heavy (non-hydrogen) atoms. The maximum atomic E-state index is 12.7. The van der Waals surface area contributed by atoms with Crippen molar-refractivity contribution >= 4 is 17.1 Å². The van der Waals surface area contributed by atoms with E-state index in [0.29, 0.717) is 0 Å². The Morgan fingerprint density at radius 1 is 1.30 bits per heavy atom. The molecule has 0 aliphatic heterocycles. The van der Waals surface area contributed by atoms with E-state index in [1.165, 1.54) is 24.5 Å². The van der Waals surface area contributed by atoms with Crippen LogP contribution in [0.15, 0.2) is 36.7 Å². The van der Waals surface area contributed by atoms with Crippen LogP contribution in [0.1, 0.15) is 15.9 Å². The first-order valence-corrected chi connectivity index (χ1v) is 6.27. The van der Waals surface area contributed by atoms with Crippen molar-refractivity contribution in [2.75, 3.05) is 0 Å². The summed E-state index contributed by atoms with van der Waals surface area (Å²) in [5, 5.41) is 9.02. The molecular weight excluding hydrogens is 315 g/mol. The number of aromatic carboxylic acids is 1. The highest BCUT2D eigenvalue weighted by atomic mass is 19.4. The topological polar surface area (TPSA) is 88.1 Å². The van der Waals surface area contributed by atoms with Crippen molar-refractivity contribution in [3.8, 4) is 11.6 Å². The summed E-state index contributed by atoms with van der Waals surface area (Å²) in [7, 11) is 0. The Bertz CT molecular complexity index is 890. The van der Waals surface area contributed by atoms with Gasteiger partial charge in [-0.1, -0.05) is 6.07 Å². The molecule has 0 fully saturated rings. The van der Waals surface area contributed by atoms with Gasteiger partial charge in [0.1, 0.15) is 16.8 Å². The number of aromatic amines is 1. The SMILES string of the molecule is O=C(O)c1c[nH]c2ncc(Oc3cccc(C(F)(F)F)c3)nc12. The lowest BCUT2D eigenvalue weighted by molar-refractivity contribution is -0.137. The van der Waals surface area contributed by atoms with Crippen molar-refractivity contribution in [1.82, 2.24) is 15.0 Å². The summed E-state index contributed by atoms with van der Waals surface area (Å²) in [5.41, 5.74) is -0.681. The van der Waals surface area contributed by atoms with Crippen LogP contribution >= 0.6 is 0 Å². The Morgan fingerprint density at radius 2 is 2.09 bits per heavy atom. The van der Waals surface area contributed by atoms with Crippen molar-refractivity contribution in [3.63, 3.8) is 0 Å². The number of hydrogen-bond acceptors (Lipinski definition) is 4. The highest BCUT2D eigenvalue weighted by molar-refractivity contribution is 6.00. The van der Waals surface area contributed by atoms with Gasteiger partial charge in [-0.15, -0.1) is 0 Å².